The molecule has 25 heavy (non-hydrogen) atoms. The number of unbranched alkanes of at least 4 members (excludes halogenated alkanes) is 8. The van der Waals surface area contributed by atoms with Crippen LogP contribution < -0.4 is 0 Å². The van der Waals surface area contributed by atoms with Gasteiger partial charge in [-0.25, -0.2) is 0 Å². The first kappa shape index (κ1) is 21.9. The highest BCUT2D eigenvalue weighted by atomic mass is 16.5. The summed E-state index contributed by atoms with van der Waals surface area (Å²) >= 11 is 0. The van der Waals surface area contributed by atoms with Gasteiger partial charge in [-0.2, -0.15) is 0 Å². The molecule has 2 nitrogen and oxygen atoms in total. The molecule has 1 aliphatic carbocycles. The predicted molar refractivity (Wildman–Crippen MR) is 109 cm³/mol. The van der Waals surface area contributed by atoms with Crippen LogP contribution >= 0.6 is 0 Å². The summed E-state index contributed by atoms with van der Waals surface area (Å²) in [4.78, 5) is 0. The molecule has 0 aliphatic heterocycles. The Labute approximate surface area is 156 Å². The number of rotatable bonds is 15. The summed E-state index contributed by atoms with van der Waals surface area (Å²) in [6, 6.07) is 0. The lowest BCUT2D eigenvalue weighted by Crippen LogP contribution is -2.16. The molecule has 2 heteroatoms. The van der Waals surface area contributed by atoms with E-state index in [1.54, 1.807) is 0 Å². The van der Waals surface area contributed by atoms with E-state index in [0.29, 0.717) is 0 Å². The van der Waals surface area contributed by atoms with Crippen LogP contribution in [-0.2, 0) is 9.47 Å². The van der Waals surface area contributed by atoms with E-state index in [1.807, 2.05) is 13.2 Å². The van der Waals surface area contributed by atoms with Gasteiger partial charge in [-0.3, -0.25) is 0 Å². The van der Waals surface area contributed by atoms with Crippen LogP contribution in [0.5, 0.6) is 0 Å². The zero-order chi connectivity index (χ0) is 18.2. The molecular weight excluding hydrogens is 308 g/mol. The second kappa shape index (κ2) is 14.0. The molecule has 1 aliphatic rings. The fraction of sp³-hybridized carbons (Fsp3) is 0.739. The summed E-state index contributed by atoms with van der Waals surface area (Å²) in [5, 5.41) is 0. The maximum absolute atomic E-state index is 5.73. The van der Waals surface area contributed by atoms with Crippen molar-refractivity contribution in [1.29, 1.82) is 0 Å². The van der Waals surface area contributed by atoms with Gasteiger partial charge in [0.2, 0.25) is 0 Å². The first-order valence-electron chi connectivity index (χ1n) is 10.6. The Morgan fingerprint density at radius 2 is 1.64 bits per heavy atom. The van der Waals surface area contributed by atoms with Gasteiger partial charge in [-0.1, -0.05) is 71.3 Å². The van der Waals surface area contributed by atoms with E-state index in [0.717, 1.165) is 31.8 Å². The highest BCUT2D eigenvalue weighted by molar-refractivity contribution is 5.26. The van der Waals surface area contributed by atoms with Crippen molar-refractivity contribution in [2.75, 3.05) is 13.2 Å². The summed E-state index contributed by atoms with van der Waals surface area (Å²) < 4.78 is 11.3. The van der Waals surface area contributed by atoms with Gasteiger partial charge in [0, 0.05) is 5.41 Å². The Morgan fingerprint density at radius 3 is 2.20 bits per heavy atom. The van der Waals surface area contributed by atoms with Gasteiger partial charge in [0.15, 0.2) is 0 Å². The van der Waals surface area contributed by atoms with E-state index < -0.39 is 0 Å². The third-order valence-corrected chi connectivity index (χ3v) is 5.09. The van der Waals surface area contributed by atoms with Crippen LogP contribution in [0.25, 0.3) is 0 Å². The van der Waals surface area contributed by atoms with E-state index in [-0.39, 0.29) is 5.41 Å². The van der Waals surface area contributed by atoms with Crippen molar-refractivity contribution >= 4 is 0 Å². The van der Waals surface area contributed by atoms with Crippen molar-refractivity contribution in [3.63, 3.8) is 0 Å². The molecule has 1 atom stereocenters. The van der Waals surface area contributed by atoms with Crippen LogP contribution in [0.1, 0.15) is 91.4 Å². The van der Waals surface area contributed by atoms with Crippen molar-refractivity contribution < 1.29 is 9.47 Å². The first-order chi connectivity index (χ1) is 12.3. The third-order valence-electron chi connectivity index (χ3n) is 5.09. The number of hydrogen-bond donors (Lipinski definition) is 0. The molecule has 0 aromatic heterocycles. The average Bonchev–Trinajstić information content (AvgIpc) is 2.64. The highest BCUT2D eigenvalue weighted by Crippen LogP contribution is 2.35. The molecule has 0 saturated carbocycles. The maximum atomic E-state index is 5.73. The van der Waals surface area contributed by atoms with Crippen LogP contribution in [0.15, 0.2) is 36.3 Å². The van der Waals surface area contributed by atoms with E-state index in [9.17, 15) is 0 Å². The average molecular weight is 349 g/mol. The van der Waals surface area contributed by atoms with E-state index in [4.69, 9.17) is 9.47 Å². The van der Waals surface area contributed by atoms with Gasteiger partial charge in [0.05, 0.1) is 19.5 Å². The highest BCUT2D eigenvalue weighted by Gasteiger charge is 2.23. The van der Waals surface area contributed by atoms with Crippen LogP contribution in [-0.4, -0.2) is 13.2 Å². The molecule has 0 bridgehead atoms. The zero-order valence-electron chi connectivity index (χ0n) is 16.9. The molecule has 1 unspecified atom stereocenters. The van der Waals surface area contributed by atoms with Crippen molar-refractivity contribution in [2.45, 2.75) is 91.4 Å². The molecule has 0 saturated heterocycles. The topological polar surface area (TPSA) is 18.5 Å². The molecule has 0 aromatic carbocycles. The summed E-state index contributed by atoms with van der Waals surface area (Å²) in [6.07, 6.45) is 24.9. The van der Waals surface area contributed by atoms with Crippen molar-refractivity contribution in [1.82, 2.24) is 0 Å². The molecule has 0 N–H and O–H groups in total. The van der Waals surface area contributed by atoms with Gasteiger partial charge in [-0.05, 0) is 44.4 Å². The summed E-state index contributed by atoms with van der Waals surface area (Å²) in [7, 11) is 0. The standard InChI is InChI=1S/C23H40O2/c1-4-7-8-9-10-11-12-13-14-20-24-21-19-23(5-2)17-15-22(16-18-23)25-6-3/h15-17,19,21H,4-14,18,20H2,1-3H3. The smallest absolute Gasteiger partial charge is 0.115 e. The zero-order valence-corrected chi connectivity index (χ0v) is 16.9. The van der Waals surface area contributed by atoms with Gasteiger partial charge < -0.3 is 9.47 Å². The molecule has 144 valence electrons. The fourth-order valence-corrected chi connectivity index (χ4v) is 3.20. The molecule has 0 radical (unpaired) electrons. The monoisotopic (exact) mass is 348 g/mol. The van der Waals surface area contributed by atoms with Gasteiger partial charge in [-0.15, -0.1) is 0 Å². The quantitative estimate of drug-likeness (QED) is 0.228. The van der Waals surface area contributed by atoms with Crippen molar-refractivity contribution in [3.8, 4) is 0 Å². The van der Waals surface area contributed by atoms with Crippen LogP contribution in [0.3, 0.4) is 0 Å². The Hall–Kier alpha value is -1.18. The second-order valence-electron chi connectivity index (χ2n) is 7.17. The van der Waals surface area contributed by atoms with Gasteiger partial charge in [0.25, 0.3) is 0 Å². The minimum absolute atomic E-state index is 0.0963. The minimum atomic E-state index is 0.0963. The Morgan fingerprint density at radius 1 is 0.960 bits per heavy atom. The molecule has 0 heterocycles. The molecular formula is C23H40O2. The normalized spacial score (nSPS) is 20.0. The van der Waals surface area contributed by atoms with E-state index >= 15 is 0 Å². The fourth-order valence-electron chi connectivity index (χ4n) is 3.20. The Bertz CT molecular complexity index is 408. The van der Waals surface area contributed by atoms with Gasteiger partial charge in [0.1, 0.15) is 5.76 Å². The largest absolute Gasteiger partial charge is 0.501 e. The first-order valence-corrected chi connectivity index (χ1v) is 10.6. The maximum Gasteiger partial charge on any atom is 0.115 e. The molecule has 0 amide bonds. The van der Waals surface area contributed by atoms with E-state index in [2.05, 4.69) is 38.2 Å². The summed E-state index contributed by atoms with van der Waals surface area (Å²) in [6.45, 7) is 8.10. The van der Waals surface area contributed by atoms with E-state index in [1.165, 1.54) is 57.8 Å². The second-order valence-corrected chi connectivity index (χ2v) is 7.17. The SMILES string of the molecule is CCCCCCCCCCCOC=CC1(CC)C=CC(OCC)=CC1. The summed E-state index contributed by atoms with van der Waals surface area (Å²) in [5.74, 6) is 0.996. The van der Waals surface area contributed by atoms with Crippen LogP contribution in [0.4, 0.5) is 0 Å². The molecule has 1 rings (SSSR count). The van der Waals surface area contributed by atoms with Gasteiger partial charge >= 0.3 is 0 Å². The lowest BCUT2D eigenvalue weighted by Gasteiger charge is -2.27. The van der Waals surface area contributed by atoms with Crippen molar-refractivity contribution in [3.05, 3.63) is 36.3 Å². The predicted octanol–water partition coefficient (Wildman–Crippen LogP) is 7.32. The number of allylic oxidation sites excluding steroid dienone is 4. The lowest BCUT2D eigenvalue weighted by atomic mass is 9.79. The summed E-state index contributed by atoms with van der Waals surface area (Å²) in [5.41, 5.74) is 0.0963. The lowest BCUT2D eigenvalue weighted by molar-refractivity contribution is 0.230. The minimum Gasteiger partial charge on any atom is -0.501 e. The Balaban J connectivity index is 2.08. The van der Waals surface area contributed by atoms with Crippen LogP contribution in [0.2, 0.25) is 0 Å². The molecule has 0 fully saturated rings. The van der Waals surface area contributed by atoms with Crippen molar-refractivity contribution in [2.24, 2.45) is 5.41 Å². The Kier molecular flexibility index (Phi) is 12.3. The molecule has 0 aromatic rings. The number of hydrogen-bond acceptors (Lipinski definition) is 2. The third kappa shape index (κ3) is 9.77. The number of ether oxygens (including phenoxy) is 2. The molecule has 0 spiro atoms. The van der Waals surface area contributed by atoms with Crippen LogP contribution in [0, 0.1) is 5.41 Å².